The first-order valence-electron chi connectivity index (χ1n) is 7.77. The first kappa shape index (κ1) is 19.1. The van der Waals surface area contributed by atoms with E-state index in [0.29, 0.717) is 30.2 Å². The number of rotatable bonds is 3. The molecule has 0 amide bonds. The van der Waals surface area contributed by atoms with Crippen LogP contribution in [0.5, 0.6) is 0 Å². The molecule has 7 nitrogen and oxygen atoms in total. The van der Waals surface area contributed by atoms with Gasteiger partial charge in [0, 0.05) is 24.7 Å². The van der Waals surface area contributed by atoms with E-state index in [1.807, 2.05) is 12.1 Å². The molecule has 2 aromatic carbocycles. The minimum Gasteiger partial charge on any atom is -0.313 e. The molecule has 0 aliphatic carbocycles. The molecule has 1 aliphatic heterocycles. The number of aromatic nitrogens is 2. The highest BCUT2D eigenvalue weighted by molar-refractivity contribution is 7.89. The van der Waals surface area contributed by atoms with Gasteiger partial charge in [-0.25, -0.2) is 13.0 Å². The highest BCUT2D eigenvalue weighted by Crippen LogP contribution is 2.32. The second-order valence-electron chi connectivity index (χ2n) is 5.78. The van der Waals surface area contributed by atoms with Gasteiger partial charge in [-0.05, 0) is 40.1 Å². The van der Waals surface area contributed by atoms with Crippen LogP contribution < -0.4 is 5.32 Å². The fourth-order valence-electron chi connectivity index (χ4n) is 3.09. The monoisotopic (exact) mass is 414 g/mol. The number of piperazine rings is 1. The van der Waals surface area contributed by atoms with Gasteiger partial charge in [-0.1, -0.05) is 29.8 Å². The van der Waals surface area contributed by atoms with Gasteiger partial charge >= 0.3 is 0 Å². The summed E-state index contributed by atoms with van der Waals surface area (Å²) < 4.78 is 32.8. The molecule has 1 N–H and O–H groups in total. The zero-order valence-electron chi connectivity index (χ0n) is 13.5. The summed E-state index contributed by atoms with van der Waals surface area (Å²) in [7, 11) is -3.78. The van der Waals surface area contributed by atoms with Gasteiger partial charge in [-0.15, -0.1) is 12.4 Å². The summed E-state index contributed by atoms with van der Waals surface area (Å²) in [6.45, 7) is 1.43. The van der Waals surface area contributed by atoms with E-state index in [4.69, 9.17) is 16.2 Å². The Morgan fingerprint density at radius 1 is 1.19 bits per heavy atom. The highest BCUT2D eigenvalue weighted by Gasteiger charge is 2.36. The molecule has 10 heteroatoms. The molecule has 2 heterocycles. The summed E-state index contributed by atoms with van der Waals surface area (Å²) in [5.41, 5.74) is 1.50. The highest BCUT2D eigenvalue weighted by atomic mass is 35.5. The maximum absolute atomic E-state index is 13.3. The summed E-state index contributed by atoms with van der Waals surface area (Å²) in [5.74, 6) is 0. The van der Waals surface area contributed by atoms with E-state index in [-0.39, 0.29) is 28.9 Å². The second-order valence-corrected chi connectivity index (χ2v) is 8.07. The van der Waals surface area contributed by atoms with Crippen molar-refractivity contribution in [1.82, 2.24) is 19.9 Å². The van der Waals surface area contributed by atoms with E-state index < -0.39 is 10.0 Å². The van der Waals surface area contributed by atoms with Gasteiger partial charge in [0.1, 0.15) is 10.4 Å². The van der Waals surface area contributed by atoms with Crippen molar-refractivity contribution in [3.05, 3.63) is 53.1 Å². The maximum atomic E-state index is 13.3. The molecule has 26 heavy (non-hydrogen) atoms. The van der Waals surface area contributed by atoms with Crippen molar-refractivity contribution in [3.8, 4) is 0 Å². The number of fused-ring (bicyclic) bond motifs is 1. The van der Waals surface area contributed by atoms with Gasteiger partial charge in [0.05, 0.1) is 6.04 Å². The quantitative estimate of drug-likeness (QED) is 0.708. The number of hydrogen-bond donors (Lipinski definition) is 1. The Morgan fingerprint density at radius 2 is 2.00 bits per heavy atom. The molecular weight excluding hydrogens is 399 g/mol. The van der Waals surface area contributed by atoms with Crippen LogP contribution in [0.15, 0.2) is 52.0 Å². The molecule has 1 aromatic heterocycles. The van der Waals surface area contributed by atoms with Crippen molar-refractivity contribution in [2.24, 2.45) is 0 Å². The van der Waals surface area contributed by atoms with E-state index in [1.165, 1.54) is 10.4 Å². The van der Waals surface area contributed by atoms with Gasteiger partial charge in [-0.2, -0.15) is 4.31 Å². The Labute approximate surface area is 161 Å². The number of halogens is 2. The van der Waals surface area contributed by atoms with Crippen LogP contribution in [0.3, 0.4) is 0 Å². The molecule has 138 valence electrons. The Kier molecular flexibility index (Phi) is 5.50. The average molecular weight is 415 g/mol. The zero-order valence-corrected chi connectivity index (χ0v) is 15.9. The number of sulfonamides is 1. The van der Waals surface area contributed by atoms with Gasteiger partial charge < -0.3 is 5.32 Å². The predicted molar refractivity (Wildman–Crippen MR) is 100 cm³/mol. The molecular formula is C16H16Cl2N4O3S. The summed E-state index contributed by atoms with van der Waals surface area (Å²) in [4.78, 5) is 0.0974. The van der Waals surface area contributed by atoms with Crippen molar-refractivity contribution < 1.29 is 13.0 Å². The summed E-state index contributed by atoms with van der Waals surface area (Å²) >= 11 is 6.09. The minimum absolute atomic E-state index is 0. The van der Waals surface area contributed by atoms with Crippen molar-refractivity contribution in [2.45, 2.75) is 10.9 Å². The van der Waals surface area contributed by atoms with Crippen molar-refractivity contribution >= 4 is 45.1 Å². The molecule has 0 saturated carbocycles. The van der Waals surface area contributed by atoms with Crippen LogP contribution in [0.4, 0.5) is 0 Å². The molecule has 0 radical (unpaired) electrons. The summed E-state index contributed by atoms with van der Waals surface area (Å²) in [6, 6.07) is 11.7. The van der Waals surface area contributed by atoms with Crippen LogP contribution in [0.2, 0.25) is 5.02 Å². The summed E-state index contributed by atoms with van der Waals surface area (Å²) in [5, 5.41) is 11.3. The van der Waals surface area contributed by atoms with E-state index in [1.54, 1.807) is 24.3 Å². The van der Waals surface area contributed by atoms with Crippen molar-refractivity contribution in [3.63, 3.8) is 0 Å². The first-order valence-corrected chi connectivity index (χ1v) is 9.58. The van der Waals surface area contributed by atoms with Crippen LogP contribution >= 0.6 is 24.0 Å². The molecule has 4 rings (SSSR count). The van der Waals surface area contributed by atoms with Gasteiger partial charge in [0.2, 0.25) is 10.0 Å². The number of benzene rings is 2. The number of hydrogen-bond acceptors (Lipinski definition) is 6. The maximum Gasteiger partial charge on any atom is 0.246 e. The van der Waals surface area contributed by atoms with Crippen LogP contribution in [0.1, 0.15) is 11.6 Å². The van der Waals surface area contributed by atoms with Crippen LogP contribution in [-0.2, 0) is 10.0 Å². The smallest absolute Gasteiger partial charge is 0.246 e. The van der Waals surface area contributed by atoms with E-state index in [9.17, 15) is 8.42 Å². The fourth-order valence-corrected chi connectivity index (χ4v) is 5.04. The molecule has 0 bridgehead atoms. The summed E-state index contributed by atoms with van der Waals surface area (Å²) in [6.07, 6.45) is 0. The van der Waals surface area contributed by atoms with E-state index in [2.05, 4.69) is 15.6 Å². The lowest BCUT2D eigenvalue weighted by Gasteiger charge is -2.35. The lowest BCUT2D eigenvalue weighted by Crippen LogP contribution is -2.48. The van der Waals surface area contributed by atoms with Crippen molar-refractivity contribution in [1.29, 1.82) is 0 Å². The zero-order chi connectivity index (χ0) is 17.4. The Balaban J connectivity index is 0.00000196. The predicted octanol–water partition coefficient (Wildman–Crippen LogP) is 2.63. The molecule has 3 aromatic rings. The van der Waals surface area contributed by atoms with E-state index in [0.717, 1.165) is 5.56 Å². The fraction of sp³-hybridized carbons (Fsp3) is 0.250. The van der Waals surface area contributed by atoms with Gasteiger partial charge in [0.15, 0.2) is 5.52 Å². The molecule has 1 saturated heterocycles. The van der Waals surface area contributed by atoms with Crippen molar-refractivity contribution in [2.75, 3.05) is 19.6 Å². The normalized spacial score (nSPS) is 18.6. The molecule has 0 spiro atoms. The standard InChI is InChI=1S/C16H15ClN4O3S.ClH/c17-12-4-1-3-11(9-12)14-10-18-7-8-21(14)25(22,23)15-6-2-5-13-16(15)20-24-19-13;/h1-6,9,14,18H,7-8,10H2;1H. The third-order valence-electron chi connectivity index (χ3n) is 4.26. The third kappa shape index (κ3) is 3.30. The molecule has 1 aliphatic rings. The lowest BCUT2D eigenvalue weighted by molar-refractivity contribution is 0.271. The number of nitrogens with one attached hydrogen (secondary N) is 1. The van der Waals surface area contributed by atoms with Gasteiger partial charge in [0.25, 0.3) is 0 Å². The first-order chi connectivity index (χ1) is 12.1. The van der Waals surface area contributed by atoms with Gasteiger partial charge in [-0.3, -0.25) is 0 Å². The largest absolute Gasteiger partial charge is 0.313 e. The minimum atomic E-state index is -3.78. The second kappa shape index (κ2) is 7.50. The van der Waals surface area contributed by atoms with Crippen LogP contribution in [0, 0.1) is 0 Å². The van der Waals surface area contributed by atoms with E-state index >= 15 is 0 Å². The molecule has 1 atom stereocenters. The molecule has 1 unspecified atom stereocenters. The Morgan fingerprint density at radius 3 is 2.81 bits per heavy atom. The SMILES string of the molecule is Cl.O=S(=O)(c1cccc2nonc12)N1CCNCC1c1cccc(Cl)c1. The van der Waals surface area contributed by atoms with Crippen LogP contribution in [-0.4, -0.2) is 42.7 Å². The topological polar surface area (TPSA) is 88.3 Å². The Bertz CT molecular complexity index is 1030. The third-order valence-corrected chi connectivity index (χ3v) is 6.44. The number of nitrogens with zero attached hydrogens (tertiary/aromatic N) is 3. The Hall–Kier alpha value is -1.71. The molecule has 1 fully saturated rings. The lowest BCUT2D eigenvalue weighted by atomic mass is 10.1. The average Bonchev–Trinajstić information content (AvgIpc) is 3.10. The van der Waals surface area contributed by atoms with Crippen LogP contribution in [0.25, 0.3) is 11.0 Å².